The van der Waals surface area contributed by atoms with E-state index in [0.717, 1.165) is 16.8 Å². The van der Waals surface area contributed by atoms with Crippen LogP contribution in [0.5, 0.6) is 0 Å². The zero-order chi connectivity index (χ0) is 23.4. The van der Waals surface area contributed by atoms with Gasteiger partial charge in [-0.25, -0.2) is 9.59 Å². The molecule has 4 rings (SSSR count). The van der Waals surface area contributed by atoms with E-state index in [0.29, 0.717) is 32.6 Å². The summed E-state index contributed by atoms with van der Waals surface area (Å²) < 4.78 is 10.8. The third-order valence-electron chi connectivity index (χ3n) is 6.14. The van der Waals surface area contributed by atoms with Crippen molar-refractivity contribution >= 4 is 23.8 Å². The molecule has 0 aromatic heterocycles. The van der Waals surface area contributed by atoms with Crippen molar-refractivity contribution < 1.29 is 23.9 Å². The number of carbonyl (C=O) groups is 3. The Morgan fingerprint density at radius 1 is 1.12 bits per heavy atom. The van der Waals surface area contributed by atoms with Crippen molar-refractivity contribution in [2.75, 3.05) is 31.1 Å². The summed E-state index contributed by atoms with van der Waals surface area (Å²) in [7, 11) is 0. The van der Waals surface area contributed by atoms with Crippen molar-refractivity contribution in [1.29, 1.82) is 0 Å². The first-order chi connectivity index (χ1) is 15.9. The van der Waals surface area contributed by atoms with Crippen LogP contribution in [0.1, 0.15) is 31.4 Å². The molecule has 3 amide bonds. The number of hydrogen-bond donors (Lipinski definition) is 1. The minimum absolute atomic E-state index is 0.0689. The molecule has 2 aromatic rings. The molecule has 2 aliphatic heterocycles. The molecule has 1 N–H and O–H groups in total. The number of rotatable bonds is 7. The van der Waals surface area contributed by atoms with Crippen LogP contribution in [0, 0.1) is 0 Å². The normalized spacial score (nSPS) is 19.0. The zero-order valence-corrected chi connectivity index (χ0v) is 19.0. The number of cyclic esters (lactones) is 1. The lowest BCUT2D eigenvalue weighted by atomic mass is 9.76. The van der Waals surface area contributed by atoms with Crippen molar-refractivity contribution in [1.82, 2.24) is 10.2 Å². The van der Waals surface area contributed by atoms with E-state index < -0.39 is 6.09 Å². The standard InChI is InChI=1S/C25H29N3O5/c1-3-22(29)26-13-21-14-28(24(31)33-21)20-11-9-19(10-12-20)25(2)16-27(17-25)23(30)32-15-18-7-5-4-6-8-18/h4-12,21H,3,13-17H2,1-2H3,(H,26,29)/t21-/m0/s1. The van der Waals surface area contributed by atoms with E-state index in [9.17, 15) is 14.4 Å². The Kier molecular flexibility index (Phi) is 6.53. The number of ether oxygens (including phenoxy) is 2. The van der Waals surface area contributed by atoms with Gasteiger partial charge in [-0.3, -0.25) is 9.69 Å². The topological polar surface area (TPSA) is 88.2 Å². The molecule has 0 bridgehead atoms. The number of benzene rings is 2. The van der Waals surface area contributed by atoms with Crippen LogP contribution in [0.3, 0.4) is 0 Å². The number of hydrogen-bond acceptors (Lipinski definition) is 5. The Bertz CT molecular complexity index is 1000. The number of nitrogens with zero attached hydrogens (tertiary/aromatic N) is 2. The fraction of sp³-hybridized carbons (Fsp3) is 0.400. The molecule has 2 aromatic carbocycles. The number of carbonyl (C=O) groups excluding carboxylic acids is 3. The van der Waals surface area contributed by atoms with Gasteiger partial charge < -0.3 is 19.7 Å². The maximum atomic E-state index is 12.3. The number of anilines is 1. The van der Waals surface area contributed by atoms with Crippen LogP contribution in [-0.4, -0.2) is 55.3 Å². The molecule has 0 aliphatic carbocycles. The van der Waals surface area contributed by atoms with Crippen molar-refractivity contribution in [3.8, 4) is 0 Å². The lowest BCUT2D eigenvalue weighted by Gasteiger charge is -2.47. The van der Waals surface area contributed by atoms with Gasteiger partial charge >= 0.3 is 12.2 Å². The van der Waals surface area contributed by atoms with Crippen LogP contribution in [0.2, 0.25) is 0 Å². The summed E-state index contributed by atoms with van der Waals surface area (Å²) in [5.74, 6) is -0.0689. The Labute approximate surface area is 193 Å². The van der Waals surface area contributed by atoms with Gasteiger partial charge in [-0.05, 0) is 23.3 Å². The first-order valence-corrected chi connectivity index (χ1v) is 11.2. The fourth-order valence-electron chi connectivity index (χ4n) is 4.15. The van der Waals surface area contributed by atoms with Crippen LogP contribution in [0.25, 0.3) is 0 Å². The van der Waals surface area contributed by atoms with Gasteiger partial charge in [-0.1, -0.05) is 56.3 Å². The Morgan fingerprint density at radius 3 is 2.48 bits per heavy atom. The summed E-state index contributed by atoms with van der Waals surface area (Å²) in [4.78, 5) is 39.3. The molecule has 2 fully saturated rings. The summed E-state index contributed by atoms with van der Waals surface area (Å²) in [5.41, 5.74) is 2.64. The average Bonchev–Trinajstić information content (AvgIpc) is 3.20. The molecule has 174 valence electrons. The SMILES string of the molecule is CCC(=O)NC[C@H]1CN(c2ccc(C3(C)CN(C(=O)OCc4ccccc4)C3)cc2)C(=O)O1. The second-order valence-electron chi connectivity index (χ2n) is 8.78. The molecule has 2 heterocycles. The molecule has 8 heteroatoms. The van der Waals surface area contributed by atoms with E-state index in [1.54, 1.807) is 16.7 Å². The smallest absolute Gasteiger partial charge is 0.414 e. The lowest BCUT2D eigenvalue weighted by molar-refractivity contribution is -0.121. The molecule has 0 radical (unpaired) electrons. The molecule has 0 saturated carbocycles. The molecule has 1 atom stereocenters. The lowest BCUT2D eigenvalue weighted by Crippen LogP contribution is -2.59. The zero-order valence-electron chi connectivity index (χ0n) is 19.0. The highest BCUT2D eigenvalue weighted by atomic mass is 16.6. The van der Waals surface area contributed by atoms with Crippen molar-refractivity contribution in [2.45, 2.75) is 38.4 Å². The van der Waals surface area contributed by atoms with Gasteiger partial charge in [0.2, 0.25) is 5.91 Å². The maximum absolute atomic E-state index is 12.3. The first kappa shape index (κ1) is 22.6. The van der Waals surface area contributed by atoms with Crippen molar-refractivity contribution in [2.24, 2.45) is 0 Å². The summed E-state index contributed by atoms with van der Waals surface area (Å²) in [6.45, 7) is 5.99. The molecule has 0 spiro atoms. The van der Waals surface area contributed by atoms with E-state index >= 15 is 0 Å². The number of likely N-dealkylation sites (tertiary alicyclic amines) is 1. The monoisotopic (exact) mass is 451 g/mol. The third kappa shape index (κ3) is 5.10. The second-order valence-corrected chi connectivity index (χ2v) is 8.78. The highest BCUT2D eigenvalue weighted by molar-refractivity contribution is 5.89. The van der Waals surface area contributed by atoms with Gasteiger partial charge in [0, 0.05) is 30.6 Å². The summed E-state index contributed by atoms with van der Waals surface area (Å²) >= 11 is 0. The second kappa shape index (κ2) is 9.52. The van der Waals surface area contributed by atoms with Gasteiger partial charge in [0.15, 0.2) is 0 Å². The van der Waals surface area contributed by atoms with Crippen molar-refractivity contribution in [3.05, 3.63) is 65.7 Å². The van der Waals surface area contributed by atoms with E-state index in [4.69, 9.17) is 9.47 Å². The molecule has 33 heavy (non-hydrogen) atoms. The summed E-state index contributed by atoms with van der Waals surface area (Å²) in [6.07, 6.45) is -0.700. The van der Waals surface area contributed by atoms with Gasteiger partial charge in [0.1, 0.15) is 12.7 Å². The summed E-state index contributed by atoms with van der Waals surface area (Å²) in [5, 5.41) is 2.76. The Morgan fingerprint density at radius 2 is 1.82 bits per heavy atom. The maximum Gasteiger partial charge on any atom is 0.414 e. The predicted octanol–water partition coefficient (Wildman–Crippen LogP) is 3.45. The van der Waals surface area contributed by atoms with E-state index in [2.05, 4.69) is 12.2 Å². The summed E-state index contributed by atoms with van der Waals surface area (Å²) in [6, 6.07) is 17.4. The highest BCUT2D eigenvalue weighted by Crippen LogP contribution is 2.36. The predicted molar refractivity (Wildman–Crippen MR) is 123 cm³/mol. The van der Waals surface area contributed by atoms with Crippen LogP contribution in [0.15, 0.2) is 54.6 Å². The minimum atomic E-state index is -0.416. The molecule has 0 unspecified atom stereocenters. The van der Waals surface area contributed by atoms with Gasteiger partial charge in [-0.2, -0.15) is 0 Å². The molecular formula is C25H29N3O5. The largest absolute Gasteiger partial charge is 0.445 e. The van der Waals surface area contributed by atoms with E-state index in [1.165, 1.54) is 0 Å². The third-order valence-corrected chi connectivity index (χ3v) is 6.14. The molecule has 2 saturated heterocycles. The van der Waals surface area contributed by atoms with Crippen molar-refractivity contribution in [3.63, 3.8) is 0 Å². The van der Waals surface area contributed by atoms with Crippen LogP contribution >= 0.6 is 0 Å². The first-order valence-electron chi connectivity index (χ1n) is 11.2. The Hall–Kier alpha value is -3.55. The Balaban J connectivity index is 1.29. The molecular weight excluding hydrogens is 422 g/mol. The minimum Gasteiger partial charge on any atom is -0.445 e. The van der Waals surface area contributed by atoms with Crippen LogP contribution < -0.4 is 10.2 Å². The fourth-order valence-corrected chi connectivity index (χ4v) is 4.15. The van der Waals surface area contributed by atoms with Gasteiger partial charge in [-0.15, -0.1) is 0 Å². The van der Waals surface area contributed by atoms with Crippen LogP contribution in [0.4, 0.5) is 15.3 Å². The van der Waals surface area contributed by atoms with E-state index in [-0.39, 0.29) is 30.1 Å². The molecule has 2 aliphatic rings. The number of amides is 3. The molecule has 8 nitrogen and oxygen atoms in total. The van der Waals surface area contributed by atoms with Gasteiger partial charge in [0.05, 0.1) is 13.1 Å². The van der Waals surface area contributed by atoms with Gasteiger partial charge in [0.25, 0.3) is 0 Å². The van der Waals surface area contributed by atoms with Crippen LogP contribution in [-0.2, 0) is 26.3 Å². The average molecular weight is 452 g/mol. The number of nitrogens with one attached hydrogen (secondary N) is 1. The highest BCUT2D eigenvalue weighted by Gasteiger charge is 2.43. The van der Waals surface area contributed by atoms with E-state index in [1.807, 2.05) is 54.6 Å². The quantitative estimate of drug-likeness (QED) is 0.697.